The van der Waals surface area contributed by atoms with Gasteiger partial charge in [0.2, 0.25) is 5.91 Å². The molecule has 2 heterocycles. The van der Waals surface area contributed by atoms with Gasteiger partial charge in [-0.25, -0.2) is 4.98 Å². The average Bonchev–Trinajstić information content (AvgIpc) is 3.25. The summed E-state index contributed by atoms with van der Waals surface area (Å²) in [5.74, 6) is 0.0591. The van der Waals surface area contributed by atoms with Gasteiger partial charge in [0, 0.05) is 32.1 Å². The molecule has 3 rings (SSSR count). The SMILES string of the molecule is CC(=O)N(CC1CCCN1C(=O)c1nc(C)c(C)nc1C)C1CC1. The lowest BCUT2D eigenvalue weighted by Gasteiger charge is -2.30. The van der Waals surface area contributed by atoms with Gasteiger partial charge in [-0.3, -0.25) is 14.6 Å². The van der Waals surface area contributed by atoms with Crippen molar-refractivity contribution in [1.29, 1.82) is 0 Å². The lowest BCUT2D eigenvalue weighted by molar-refractivity contribution is -0.130. The van der Waals surface area contributed by atoms with Gasteiger partial charge in [0.25, 0.3) is 5.91 Å². The van der Waals surface area contributed by atoms with E-state index in [0.717, 1.165) is 43.6 Å². The number of carbonyl (C=O) groups excluding carboxylic acids is 2. The molecule has 2 fully saturated rings. The van der Waals surface area contributed by atoms with E-state index in [2.05, 4.69) is 9.97 Å². The van der Waals surface area contributed by atoms with E-state index in [1.54, 1.807) is 6.92 Å². The van der Waals surface area contributed by atoms with Gasteiger partial charge in [-0.2, -0.15) is 0 Å². The minimum atomic E-state index is -0.0510. The molecule has 1 aliphatic heterocycles. The summed E-state index contributed by atoms with van der Waals surface area (Å²) in [6, 6.07) is 0.466. The molecule has 1 aromatic rings. The third-order valence-electron chi connectivity index (χ3n) is 5.12. The van der Waals surface area contributed by atoms with E-state index in [1.165, 1.54) is 0 Å². The van der Waals surface area contributed by atoms with Crippen LogP contribution in [0.15, 0.2) is 0 Å². The van der Waals surface area contributed by atoms with Gasteiger partial charge in [0.05, 0.1) is 17.1 Å². The van der Waals surface area contributed by atoms with Crippen molar-refractivity contribution in [1.82, 2.24) is 19.8 Å². The molecule has 1 unspecified atom stereocenters. The largest absolute Gasteiger partial charge is 0.338 e. The highest BCUT2D eigenvalue weighted by molar-refractivity contribution is 5.93. The predicted octanol–water partition coefficient (Wildman–Crippen LogP) is 2.02. The maximum Gasteiger partial charge on any atom is 0.274 e. The standard InChI is InChI=1S/C18H26N4O2/c1-11-12(2)20-17(13(3)19-11)18(24)21-9-5-6-16(21)10-22(14(4)23)15-7-8-15/h15-16H,5-10H2,1-4H3. The Kier molecular flexibility index (Phi) is 4.56. The summed E-state index contributed by atoms with van der Waals surface area (Å²) in [5.41, 5.74) is 2.78. The lowest BCUT2D eigenvalue weighted by atomic mass is 10.2. The van der Waals surface area contributed by atoms with Crippen molar-refractivity contribution in [3.8, 4) is 0 Å². The highest BCUT2D eigenvalue weighted by Crippen LogP contribution is 2.29. The molecule has 1 saturated heterocycles. The molecule has 0 radical (unpaired) electrons. The van der Waals surface area contributed by atoms with Crippen LogP contribution in [0.25, 0.3) is 0 Å². The Balaban J connectivity index is 1.78. The molecule has 24 heavy (non-hydrogen) atoms. The summed E-state index contributed by atoms with van der Waals surface area (Å²) in [6.45, 7) is 8.62. The van der Waals surface area contributed by atoms with Gasteiger partial charge in [-0.15, -0.1) is 0 Å². The molecule has 2 aliphatic rings. The van der Waals surface area contributed by atoms with Gasteiger partial charge in [0.15, 0.2) is 0 Å². The summed E-state index contributed by atoms with van der Waals surface area (Å²) >= 11 is 0. The molecular weight excluding hydrogens is 304 g/mol. The van der Waals surface area contributed by atoms with E-state index >= 15 is 0 Å². The smallest absolute Gasteiger partial charge is 0.274 e. The first-order valence-electron chi connectivity index (χ1n) is 8.78. The second-order valence-corrected chi connectivity index (χ2v) is 7.03. The van der Waals surface area contributed by atoms with Crippen LogP contribution in [0.4, 0.5) is 0 Å². The molecule has 6 heteroatoms. The molecule has 1 atom stereocenters. The monoisotopic (exact) mass is 330 g/mol. The van der Waals surface area contributed by atoms with Crippen molar-refractivity contribution in [2.45, 2.75) is 65.5 Å². The molecule has 6 nitrogen and oxygen atoms in total. The number of hydrogen-bond acceptors (Lipinski definition) is 4. The Morgan fingerprint density at radius 2 is 1.75 bits per heavy atom. The molecule has 0 bridgehead atoms. The Morgan fingerprint density at radius 1 is 1.08 bits per heavy atom. The van der Waals surface area contributed by atoms with Crippen LogP contribution in [-0.2, 0) is 4.79 Å². The van der Waals surface area contributed by atoms with Gasteiger partial charge < -0.3 is 9.80 Å². The second-order valence-electron chi connectivity index (χ2n) is 7.03. The van der Waals surface area contributed by atoms with Crippen LogP contribution in [0.1, 0.15) is 60.2 Å². The average molecular weight is 330 g/mol. The number of nitrogens with zero attached hydrogens (tertiary/aromatic N) is 4. The number of aromatic nitrogens is 2. The van der Waals surface area contributed by atoms with E-state index in [-0.39, 0.29) is 17.9 Å². The number of likely N-dealkylation sites (tertiary alicyclic amines) is 1. The Bertz CT molecular complexity index is 669. The number of hydrogen-bond donors (Lipinski definition) is 0. The van der Waals surface area contributed by atoms with Gasteiger partial charge in [0.1, 0.15) is 5.69 Å². The molecule has 0 spiro atoms. The molecule has 0 N–H and O–H groups in total. The van der Waals surface area contributed by atoms with E-state index in [1.807, 2.05) is 30.6 Å². The molecular formula is C18H26N4O2. The van der Waals surface area contributed by atoms with Crippen LogP contribution < -0.4 is 0 Å². The molecule has 2 amide bonds. The van der Waals surface area contributed by atoms with Crippen LogP contribution in [0, 0.1) is 20.8 Å². The van der Waals surface area contributed by atoms with Crippen LogP contribution in [0.2, 0.25) is 0 Å². The quantitative estimate of drug-likeness (QED) is 0.847. The number of rotatable bonds is 4. The van der Waals surface area contributed by atoms with Crippen LogP contribution >= 0.6 is 0 Å². The van der Waals surface area contributed by atoms with Crippen molar-refractivity contribution in [2.24, 2.45) is 0 Å². The summed E-state index contributed by atoms with van der Waals surface area (Å²) < 4.78 is 0. The first-order valence-corrected chi connectivity index (χ1v) is 8.78. The van der Waals surface area contributed by atoms with E-state index in [4.69, 9.17) is 0 Å². The van der Waals surface area contributed by atoms with E-state index in [9.17, 15) is 9.59 Å². The Labute approximate surface area is 143 Å². The lowest BCUT2D eigenvalue weighted by Crippen LogP contribution is -2.46. The summed E-state index contributed by atoms with van der Waals surface area (Å²) in [6.07, 6.45) is 4.09. The zero-order valence-corrected chi connectivity index (χ0v) is 15.0. The van der Waals surface area contributed by atoms with Gasteiger partial charge in [-0.05, 0) is 46.5 Å². The zero-order chi connectivity index (χ0) is 17.4. The number of aryl methyl sites for hydroxylation is 3. The van der Waals surface area contributed by atoms with Gasteiger partial charge in [-0.1, -0.05) is 0 Å². The zero-order valence-electron chi connectivity index (χ0n) is 15.0. The fourth-order valence-electron chi connectivity index (χ4n) is 3.49. The number of amides is 2. The topological polar surface area (TPSA) is 66.4 Å². The van der Waals surface area contributed by atoms with Crippen LogP contribution in [-0.4, -0.2) is 56.8 Å². The third kappa shape index (κ3) is 3.28. The van der Waals surface area contributed by atoms with Crippen molar-refractivity contribution >= 4 is 11.8 Å². The normalized spacial score (nSPS) is 20.3. The van der Waals surface area contributed by atoms with Crippen molar-refractivity contribution in [3.05, 3.63) is 22.8 Å². The summed E-state index contributed by atoms with van der Waals surface area (Å²) in [7, 11) is 0. The minimum absolute atomic E-state index is 0.0510. The predicted molar refractivity (Wildman–Crippen MR) is 90.7 cm³/mol. The van der Waals surface area contributed by atoms with Crippen molar-refractivity contribution in [3.63, 3.8) is 0 Å². The summed E-state index contributed by atoms with van der Waals surface area (Å²) in [4.78, 5) is 37.6. The van der Waals surface area contributed by atoms with Gasteiger partial charge >= 0.3 is 0 Å². The molecule has 130 valence electrons. The van der Waals surface area contributed by atoms with Crippen molar-refractivity contribution in [2.75, 3.05) is 13.1 Å². The number of carbonyl (C=O) groups is 2. The molecule has 1 saturated carbocycles. The highest BCUT2D eigenvalue weighted by Gasteiger charge is 2.37. The van der Waals surface area contributed by atoms with Crippen LogP contribution in [0.5, 0.6) is 0 Å². The molecule has 0 aromatic carbocycles. The van der Waals surface area contributed by atoms with E-state index < -0.39 is 0 Å². The van der Waals surface area contributed by atoms with E-state index in [0.29, 0.717) is 24.0 Å². The Hall–Kier alpha value is -1.98. The maximum atomic E-state index is 13.0. The second kappa shape index (κ2) is 6.49. The fourth-order valence-corrected chi connectivity index (χ4v) is 3.49. The third-order valence-corrected chi connectivity index (χ3v) is 5.12. The highest BCUT2D eigenvalue weighted by atomic mass is 16.2. The summed E-state index contributed by atoms with van der Waals surface area (Å²) in [5, 5.41) is 0. The van der Waals surface area contributed by atoms with Crippen LogP contribution in [0.3, 0.4) is 0 Å². The Morgan fingerprint density at radius 3 is 2.38 bits per heavy atom. The first kappa shape index (κ1) is 16.9. The van der Waals surface area contributed by atoms with Crippen molar-refractivity contribution < 1.29 is 9.59 Å². The fraction of sp³-hybridized carbons (Fsp3) is 0.667. The first-order chi connectivity index (χ1) is 11.4. The molecule has 1 aromatic heterocycles. The maximum absolute atomic E-state index is 13.0. The molecule has 1 aliphatic carbocycles. The minimum Gasteiger partial charge on any atom is -0.338 e.